The van der Waals surface area contributed by atoms with Crippen molar-refractivity contribution < 1.29 is 19.9 Å². The third kappa shape index (κ3) is 5.22. The van der Waals surface area contributed by atoms with Crippen molar-refractivity contribution in [1.29, 1.82) is 0 Å². The molecule has 1 aromatic heterocycles. The Labute approximate surface area is 184 Å². The van der Waals surface area contributed by atoms with E-state index in [1.807, 2.05) is 30.3 Å². The van der Waals surface area contributed by atoms with Crippen LogP contribution in [0.1, 0.15) is 37.5 Å². The van der Waals surface area contributed by atoms with Gasteiger partial charge in [0.15, 0.2) is 0 Å². The molecule has 1 aliphatic rings. The Kier molecular flexibility index (Phi) is 7.90. The van der Waals surface area contributed by atoms with Crippen LogP contribution in [0, 0.1) is 0 Å². The fraction of sp³-hybridized carbons (Fsp3) is 0.429. The monoisotopic (exact) mass is 449 g/mol. The average molecular weight is 450 g/mol. The predicted molar refractivity (Wildman–Crippen MR) is 121 cm³/mol. The number of rotatable bonds is 8. The molecule has 0 unspecified atom stereocenters. The molecule has 1 saturated heterocycles. The van der Waals surface area contributed by atoms with Gasteiger partial charge in [0.1, 0.15) is 0 Å². The van der Waals surface area contributed by atoms with Gasteiger partial charge in [-0.05, 0) is 48.4 Å². The fourth-order valence-electron chi connectivity index (χ4n) is 3.65. The van der Waals surface area contributed by atoms with Gasteiger partial charge < -0.3 is 5.11 Å². The largest absolute Gasteiger partial charge is 0.395 e. The highest BCUT2D eigenvalue weighted by Gasteiger charge is 2.38. The fourth-order valence-corrected chi connectivity index (χ4v) is 6.54. The van der Waals surface area contributed by atoms with Crippen LogP contribution in [0.15, 0.2) is 36.4 Å². The minimum absolute atomic E-state index is 0.0705. The zero-order valence-corrected chi connectivity index (χ0v) is 18.5. The Morgan fingerprint density at radius 3 is 2.73 bits per heavy atom. The lowest BCUT2D eigenvalue weighted by molar-refractivity contribution is -0.129. The number of hydrogen-bond donors (Lipinski definition) is 4. The van der Waals surface area contributed by atoms with Gasteiger partial charge in [0.25, 0.3) is 0 Å². The molecule has 1 aromatic carbocycles. The van der Waals surface area contributed by atoms with Gasteiger partial charge in [-0.1, -0.05) is 18.6 Å². The third-order valence-corrected chi connectivity index (χ3v) is 8.15. The first-order chi connectivity index (χ1) is 14.5. The number of nitrogens with zero attached hydrogens (tertiary/aromatic N) is 1. The maximum absolute atomic E-state index is 12.0. The molecule has 0 spiro atoms. The number of thioether (sulfide) groups is 1. The molecule has 162 valence electrons. The first-order valence-corrected chi connectivity index (χ1v) is 11.7. The van der Waals surface area contributed by atoms with Crippen molar-refractivity contribution in [2.75, 3.05) is 23.9 Å². The number of benzene rings is 1. The summed E-state index contributed by atoms with van der Waals surface area (Å²) in [6.45, 7) is 1.68. The van der Waals surface area contributed by atoms with Crippen LogP contribution < -0.4 is 15.9 Å². The molecule has 1 fully saturated rings. The standard InChI is InChI=1S/C21H27N3O4S2/c1-15(26)24(22-10-11-25)17-6-4-5-16(13-17)18-7-8-19(30-18)21(14-20(27)23-28)9-2-3-12-29-21/h4-8,13,22,25,28H,2-3,9-12,14H2,1H3,(H,23,27)/t21-/m0/s1. The SMILES string of the molecule is CC(=O)N(NCCO)c1cccc(-c2ccc([C@@]3(CC(=O)NO)CCCCS3)s2)c1. The van der Waals surface area contributed by atoms with Crippen LogP contribution in [0.5, 0.6) is 0 Å². The molecule has 0 bridgehead atoms. The summed E-state index contributed by atoms with van der Waals surface area (Å²) >= 11 is 3.43. The van der Waals surface area contributed by atoms with E-state index in [4.69, 9.17) is 10.3 Å². The van der Waals surface area contributed by atoms with Gasteiger partial charge in [0.2, 0.25) is 11.8 Å². The number of aliphatic hydroxyl groups is 1. The Hall–Kier alpha value is -1.91. The molecule has 7 nitrogen and oxygen atoms in total. The van der Waals surface area contributed by atoms with Gasteiger partial charge in [0.05, 0.1) is 17.0 Å². The van der Waals surface area contributed by atoms with Gasteiger partial charge >= 0.3 is 0 Å². The molecular weight excluding hydrogens is 422 g/mol. The quantitative estimate of drug-likeness (QED) is 0.364. The summed E-state index contributed by atoms with van der Waals surface area (Å²) in [6, 6.07) is 11.8. The van der Waals surface area contributed by atoms with E-state index in [9.17, 15) is 9.59 Å². The molecule has 1 atom stereocenters. The van der Waals surface area contributed by atoms with Crippen molar-refractivity contribution in [3.8, 4) is 10.4 Å². The second kappa shape index (κ2) is 10.4. The van der Waals surface area contributed by atoms with E-state index in [2.05, 4.69) is 11.5 Å². The second-order valence-electron chi connectivity index (χ2n) is 7.21. The topological polar surface area (TPSA) is 102 Å². The molecule has 4 N–H and O–H groups in total. The molecule has 1 aliphatic heterocycles. The average Bonchev–Trinajstić information content (AvgIpc) is 3.26. The number of carbonyl (C=O) groups excluding carboxylic acids is 2. The molecule has 2 amide bonds. The number of nitrogens with one attached hydrogen (secondary N) is 2. The first-order valence-electron chi connectivity index (χ1n) is 9.92. The lowest BCUT2D eigenvalue weighted by Gasteiger charge is -2.35. The van der Waals surface area contributed by atoms with E-state index in [0.29, 0.717) is 5.69 Å². The highest BCUT2D eigenvalue weighted by atomic mass is 32.2. The van der Waals surface area contributed by atoms with E-state index in [1.54, 1.807) is 28.6 Å². The number of hydroxylamine groups is 1. The van der Waals surface area contributed by atoms with Crippen molar-refractivity contribution in [1.82, 2.24) is 10.9 Å². The summed E-state index contributed by atoms with van der Waals surface area (Å²) in [5.41, 5.74) is 6.38. The summed E-state index contributed by atoms with van der Waals surface area (Å²) in [6.07, 6.45) is 3.33. The van der Waals surface area contributed by atoms with E-state index < -0.39 is 0 Å². The Bertz CT molecular complexity index is 881. The summed E-state index contributed by atoms with van der Waals surface area (Å²) in [7, 11) is 0. The van der Waals surface area contributed by atoms with Crippen LogP contribution in [0.3, 0.4) is 0 Å². The van der Waals surface area contributed by atoms with Crippen LogP contribution in [0.2, 0.25) is 0 Å². The third-order valence-electron chi connectivity index (χ3n) is 5.06. The zero-order valence-electron chi connectivity index (χ0n) is 16.9. The van der Waals surface area contributed by atoms with Crippen molar-refractivity contribution >= 4 is 40.6 Å². The smallest absolute Gasteiger partial charge is 0.245 e. The van der Waals surface area contributed by atoms with E-state index in [1.165, 1.54) is 11.9 Å². The Morgan fingerprint density at radius 1 is 1.23 bits per heavy atom. The summed E-state index contributed by atoms with van der Waals surface area (Å²) in [4.78, 5) is 26.2. The number of thiophene rings is 1. The molecule has 30 heavy (non-hydrogen) atoms. The molecule has 9 heteroatoms. The molecular formula is C21H27N3O4S2. The van der Waals surface area contributed by atoms with Crippen molar-refractivity contribution in [3.05, 3.63) is 41.3 Å². The van der Waals surface area contributed by atoms with Crippen LogP contribution >= 0.6 is 23.1 Å². The molecule has 2 aromatic rings. The van der Waals surface area contributed by atoms with E-state index in [0.717, 1.165) is 40.3 Å². The summed E-state index contributed by atoms with van der Waals surface area (Å²) in [5.74, 6) is 0.458. The molecule has 0 saturated carbocycles. The van der Waals surface area contributed by atoms with Crippen molar-refractivity contribution in [2.45, 2.75) is 37.4 Å². The normalized spacial score (nSPS) is 18.8. The number of hydrogen-bond acceptors (Lipinski definition) is 7. The van der Waals surface area contributed by atoms with E-state index in [-0.39, 0.29) is 36.1 Å². The highest BCUT2D eigenvalue weighted by Crippen LogP contribution is 2.50. The van der Waals surface area contributed by atoms with Gasteiger partial charge in [-0.2, -0.15) is 0 Å². The van der Waals surface area contributed by atoms with Gasteiger partial charge in [-0.15, -0.1) is 23.1 Å². The number of amides is 2. The minimum Gasteiger partial charge on any atom is -0.395 e. The van der Waals surface area contributed by atoms with Crippen molar-refractivity contribution in [3.63, 3.8) is 0 Å². The van der Waals surface area contributed by atoms with E-state index >= 15 is 0 Å². The number of hydrazine groups is 1. The molecule has 3 rings (SSSR count). The first kappa shape index (κ1) is 22.8. The summed E-state index contributed by atoms with van der Waals surface area (Å²) < 4.78 is -0.320. The van der Waals surface area contributed by atoms with Crippen molar-refractivity contribution in [2.24, 2.45) is 0 Å². The van der Waals surface area contributed by atoms with Crippen LogP contribution in [0.25, 0.3) is 10.4 Å². The lowest BCUT2D eigenvalue weighted by atomic mass is 9.94. The number of aliphatic hydroxyl groups excluding tert-OH is 1. The molecule has 0 radical (unpaired) electrons. The van der Waals surface area contributed by atoms with Gasteiger partial charge in [-0.25, -0.2) is 15.9 Å². The number of anilines is 1. The summed E-state index contributed by atoms with van der Waals surface area (Å²) in [5, 5.41) is 19.5. The maximum atomic E-state index is 12.0. The van der Waals surface area contributed by atoms with Crippen LogP contribution in [-0.4, -0.2) is 41.0 Å². The minimum atomic E-state index is -0.367. The maximum Gasteiger partial charge on any atom is 0.245 e. The number of carbonyl (C=O) groups is 2. The second-order valence-corrected chi connectivity index (χ2v) is 9.77. The molecule has 2 heterocycles. The zero-order chi connectivity index (χ0) is 21.6. The Balaban J connectivity index is 1.89. The van der Waals surface area contributed by atoms with Gasteiger partial charge in [-0.3, -0.25) is 14.8 Å². The van der Waals surface area contributed by atoms with Crippen LogP contribution in [-0.2, 0) is 14.3 Å². The Morgan fingerprint density at radius 2 is 2.07 bits per heavy atom. The predicted octanol–water partition coefficient (Wildman–Crippen LogP) is 3.27. The van der Waals surface area contributed by atoms with Gasteiger partial charge in [0, 0.05) is 29.6 Å². The lowest BCUT2D eigenvalue weighted by Crippen LogP contribution is -2.43. The molecule has 0 aliphatic carbocycles. The highest BCUT2D eigenvalue weighted by molar-refractivity contribution is 8.00. The van der Waals surface area contributed by atoms with Crippen LogP contribution in [0.4, 0.5) is 5.69 Å².